The van der Waals surface area contributed by atoms with Gasteiger partial charge in [-0.15, -0.1) is 0 Å². The number of aromatic nitrogens is 1. The maximum atomic E-state index is 13.5. The summed E-state index contributed by atoms with van der Waals surface area (Å²) < 4.78 is 15.5. The van der Waals surface area contributed by atoms with Crippen LogP contribution in [0.3, 0.4) is 0 Å². The molecule has 0 aliphatic rings. The van der Waals surface area contributed by atoms with Gasteiger partial charge < -0.3 is 9.47 Å². The van der Waals surface area contributed by atoms with Gasteiger partial charge in [-0.1, -0.05) is 42.2 Å². The summed E-state index contributed by atoms with van der Waals surface area (Å²) in [5.41, 5.74) is 1.98. The Morgan fingerprint density at radius 2 is 1.88 bits per heavy atom. The van der Waals surface area contributed by atoms with Crippen LogP contribution in [0.4, 0.5) is 4.39 Å². The monoisotopic (exact) mass is 320 g/mol. The first kappa shape index (κ1) is 15.8. The lowest BCUT2D eigenvalue weighted by molar-refractivity contribution is 0.0814. The Morgan fingerprint density at radius 1 is 1.17 bits per heavy atom. The number of halogens is 1. The number of carbonyl (C=O) groups is 1. The Labute approximate surface area is 140 Å². The number of amides is 1. The van der Waals surface area contributed by atoms with Crippen LogP contribution in [0.2, 0.25) is 0 Å². The normalized spacial score (nSPS) is 10.3. The Morgan fingerprint density at radius 3 is 2.67 bits per heavy atom. The van der Waals surface area contributed by atoms with E-state index in [0.29, 0.717) is 11.1 Å². The fourth-order valence-electron chi connectivity index (χ4n) is 2.61. The van der Waals surface area contributed by atoms with Gasteiger partial charge in [0.05, 0.1) is 17.7 Å². The summed E-state index contributed by atoms with van der Waals surface area (Å²) in [6.45, 7) is 0.233. The summed E-state index contributed by atoms with van der Waals surface area (Å²) >= 11 is 0. The largest absolute Gasteiger partial charge is 0.350 e. The number of para-hydroxylation sites is 1. The highest BCUT2D eigenvalue weighted by Crippen LogP contribution is 2.21. The van der Waals surface area contributed by atoms with Gasteiger partial charge in [0.1, 0.15) is 5.82 Å². The van der Waals surface area contributed by atoms with E-state index in [9.17, 15) is 9.18 Å². The highest BCUT2D eigenvalue weighted by atomic mass is 19.1. The molecule has 24 heavy (non-hydrogen) atoms. The number of hydrogen-bond donors (Lipinski definition) is 0. The molecule has 0 N–H and O–H groups in total. The molecule has 0 spiro atoms. The highest BCUT2D eigenvalue weighted by molar-refractivity contribution is 6.06. The third-order valence-corrected chi connectivity index (χ3v) is 3.89. The van der Waals surface area contributed by atoms with E-state index in [0.717, 1.165) is 10.9 Å². The number of rotatable bonds is 2. The molecule has 0 unspecified atom stereocenters. The molecule has 1 amide bonds. The Bertz CT molecular complexity index is 962. The van der Waals surface area contributed by atoms with Crippen molar-refractivity contribution < 1.29 is 9.18 Å². The number of aryl methyl sites for hydroxylation is 1. The Kier molecular flexibility index (Phi) is 4.35. The molecule has 120 valence electrons. The second-order valence-electron chi connectivity index (χ2n) is 5.61. The summed E-state index contributed by atoms with van der Waals surface area (Å²) in [6, 6.07) is 14.1. The van der Waals surface area contributed by atoms with Gasteiger partial charge in [0.2, 0.25) is 0 Å². The minimum atomic E-state index is -0.354. The van der Waals surface area contributed by atoms with E-state index in [2.05, 4.69) is 11.8 Å². The first-order chi connectivity index (χ1) is 11.6. The van der Waals surface area contributed by atoms with E-state index in [-0.39, 0.29) is 18.3 Å². The Hall–Kier alpha value is -3.06. The predicted molar refractivity (Wildman–Crippen MR) is 93.2 cm³/mol. The van der Waals surface area contributed by atoms with Gasteiger partial charge in [-0.3, -0.25) is 4.79 Å². The molecule has 1 aromatic heterocycles. The lowest BCUT2D eigenvalue weighted by Crippen LogP contribution is -2.26. The van der Waals surface area contributed by atoms with Gasteiger partial charge in [-0.2, -0.15) is 0 Å². The molecule has 4 heteroatoms. The number of carbonyl (C=O) groups excluding carboxylic acids is 1. The van der Waals surface area contributed by atoms with Crippen molar-refractivity contribution in [3.8, 4) is 11.8 Å². The first-order valence-electron chi connectivity index (χ1n) is 7.61. The zero-order valence-corrected chi connectivity index (χ0v) is 13.6. The third-order valence-electron chi connectivity index (χ3n) is 3.89. The summed E-state index contributed by atoms with van der Waals surface area (Å²) in [6.07, 6.45) is 1.83. The zero-order chi connectivity index (χ0) is 17.1. The van der Waals surface area contributed by atoms with E-state index in [4.69, 9.17) is 0 Å². The minimum Gasteiger partial charge on any atom is -0.350 e. The van der Waals surface area contributed by atoms with Crippen molar-refractivity contribution in [3.63, 3.8) is 0 Å². The molecule has 0 aliphatic carbocycles. The first-order valence-corrected chi connectivity index (χ1v) is 7.61. The molecular weight excluding hydrogens is 303 g/mol. The van der Waals surface area contributed by atoms with Crippen molar-refractivity contribution in [2.75, 3.05) is 13.6 Å². The van der Waals surface area contributed by atoms with Crippen LogP contribution in [0.15, 0.2) is 54.7 Å². The summed E-state index contributed by atoms with van der Waals surface area (Å²) in [4.78, 5) is 14.2. The van der Waals surface area contributed by atoms with Crippen LogP contribution >= 0.6 is 0 Å². The SMILES string of the molecule is CN(CC#Cc1ccccc1F)C(=O)c1cn(C)c2ccccc12. The zero-order valence-electron chi connectivity index (χ0n) is 13.6. The molecule has 0 aliphatic heterocycles. The van der Waals surface area contributed by atoms with E-state index in [1.165, 1.54) is 11.0 Å². The van der Waals surface area contributed by atoms with Gasteiger partial charge >= 0.3 is 0 Å². The van der Waals surface area contributed by atoms with Crippen LogP contribution in [0.1, 0.15) is 15.9 Å². The van der Waals surface area contributed by atoms with Crippen LogP contribution < -0.4 is 0 Å². The van der Waals surface area contributed by atoms with Crippen LogP contribution in [-0.2, 0) is 7.05 Å². The van der Waals surface area contributed by atoms with Crippen molar-refractivity contribution >= 4 is 16.8 Å². The molecule has 0 atom stereocenters. The van der Waals surface area contributed by atoms with Crippen molar-refractivity contribution in [1.82, 2.24) is 9.47 Å². The summed E-state index contributed by atoms with van der Waals surface area (Å²) in [7, 11) is 3.61. The molecule has 0 fully saturated rings. The second-order valence-corrected chi connectivity index (χ2v) is 5.61. The fourth-order valence-corrected chi connectivity index (χ4v) is 2.61. The van der Waals surface area contributed by atoms with Gasteiger partial charge in [0.25, 0.3) is 5.91 Å². The minimum absolute atomic E-state index is 0.102. The van der Waals surface area contributed by atoms with Crippen molar-refractivity contribution in [1.29, 1.82) is 0 Å². The molecule has 2 aromatic carbocycles. The van der Waals surface area contributed by atoms with Gasteiger partial charge in [0, 0.05) is 31.2 Å². The van der Waals surface area contributed by atoms with Crippen LogP contribution in [0.25, 0.3) is 10.9 Å². The van der Waals surface area contributed by atoms with E-state index in [1.807, 2.05) is 42.1 Å². The quantitative estimate of drug-likeness (QED) is 0.664. The predicted octanol–water partition coefficient (Wildman–Crippen LogP) is 3.44. The molecule has 0 saturated carbocycles. The van der Waals surface area contributed by atoms with Crippen LogP contribution in [0.5, 0.6) is 0 Å². The summed E-state index contributed by atoms with van der Waals surface area (Å²) in [5.74, 6) is 5.17. The number of nitrogens with zero attached hydrogens (tertiary/aromatic N) is 2. The maximum Gasteiger partial charge on any atom is 0.256 e. The van der Waals surface area contributed by atoms with Crippen LogP contribution in [-0.4, -0.2) is 29.0 Å². The average molecular weight is 320 g/mol. The van der Waals surface area contributed by atoms with Gasteiger partial charge in [-0.05, 0) is 18.2 Å². The molecule has 1 heterocycles. The molecule has 0 bridgehead atoms. The van der Waals surface area contributed by atoms with Gasteiger partial charge in [0.15, 0.2) is 0 Å². The van der Waals surface area contributed by atoms with E-state index < -0.39 is 0 Å². The number of benzene rings is 2. The van der Waals surface area contributed by atoms with Crippen molar-refractivity contribution in [3.05, 3.63) is 71.7 Å². The molecule has 0 radical (unpaired) electrons. The van der Waals surface area contributed by atoms with Crippen molar-refractivity contribution in [2.45, 2.75) is 0 Å². The smallest absolute Gasteiger partial charge is 0.256 e. The van der Waals surface area contributed by atoms with Gasteiger partial charge in [-0.25, -0.2) is 4.39 Å². The molecular formula is C20H17FN2O. The van der Waals surface area contributed by atoms with E-state index >= 15 is 0 Å². The molecule has 3 rings (SSSR count). The maximum absolute atomic E-state index is 13.5. The average Bonchev–Trinajstić information content (AvgIpc) is 2.93. The number of fused-ring (bicyclic) bond motifs is 1. The van der Waals surface area contributed by atoms with Crippen LogP contribution in [0, 0.1) is 17.7 Å². The lowest BCUT2D eigenvalue weighted by atomic mass is 10.1. The number of hydrogen-bond acceptors (Lipinski definition) is 1. The third kappa shape index (κ3) is 3.02. The summed E-state index contributed by atoms with van der Waals surface area (Å²) in [5, 5.41) is 0.916. The standard InChI is InChI=1S/C20H17FN2O/c1-22(13-7-9-15-8-3-5-11-18(15)21)20(24)17-14-23(2)19-12-6-4-10-16(17)19/h3-6,8,10-12,14H,13H2,1-2H3. The molecule has 0 saturated heterocycles. The molecule has 3 nitrogen and oxygen atoms in total. The highest BCUT2D eigenvalue weighted by Gasteiger charge is 2.16. The van der Waals surface area contributed by atoms with E-state index in [1.54, 1.807) is 25.2 Å². The van der Waals surface area contributed by atoms with Crippen molar-refractivity contribution in [2.24, 2.45) is 7.05 Å². The molecule has 3 aromatic rings. The lowest BCUT2D eigenvalue weighted by Gasteiger charge is -2.13. The Balaban J connectivity index is 1.79. The second kappa shape index (κ2) is 6.59. The fraction of sp³-hybridized carbons (Fsp3) is 0.150. The topological polar surface area (TPSA) is 25.2 Å².